The van der Waals surface area contributed by atoms with Gasteiger partial charge in [0.15, 0.2) is 5.17 Å². The summed E-state index contributed by atoms with van der Waals surface area (Å²) in [6, 6.07) is -0.516. The minimum Gasteiger partial charge on any atom is -0.447 e. The Hall–Kier alpha value is -1.03. The lowest BCUT2D eigenvalue weighted by Crippen LogP contribution is -2.56. The molecule has 20 heavy (non-hydrogen) atoms. The molecule has 0 aromatic carbocycles. The van der Waals surface area contributed by atoms with E-state index in [1.54, 1.807) is 14.0 Å². The highest BCUT2D eigenvalue weighted by Crippen LogP contribution is 2.35. The zero-order valence-corrected chi connectivity index (χ0v) is 12.1. The molecule has 2 aliphatic heterocycles. The number of aliphatic hydroxyl groups is 2. The summed E-state index contributed by atoms with van der Waals surface area (Å²) < 4.78 is 10.6. The van der Waals surface area contributed by atoms with Crippen LogP contribution in [0.2, 0.25) is 0 Å². The summed E-state index contributed by atoms with van der Waals surface area (Å²) in [4.78, 5) is 15.5. The molecule has 2 rings (SSSR count). The quantitative estimate of drug-likeness (QED) is 0.522. The fourth-order valence-corrected chi connectivity index (χ4v) is 3.12. The number of ether oxygens (including phenoxy) is 2. The summed E-state index contributed by atoms with van der Waals surface area (Å²) in [5.74, 6) is 0. The molecule has 0 bridgehead atoms. The van der Waals surface area contributed by atoms with E-state index in [2.05, 4.69) is 15.6 Å². The number of hydrogen-bond donors (Lipinski definition) is 4. The van der Waals surface area contributed by atoms with Crippen molar-refractivity contribution in [3.8, 4) is 0 Å². The van der Waals surface area contributed by atoms with Crippen molar-refractivity contribution in [1.82, 2.24) is 10.6 Å². The summed E-state index contributed by atoms with van der Waals surface area (Å²) in [5.41, 5.74) is -0.390. The number of rotatable bonds is 3. The maximum Gasteiger partial charge on any atom is 0.407 e. The highest BCUT2D eigenvalue weighted by atomic mass is 32.2. The van der Waals surface area contributed by atoms with Crippen molar-refractivity contribution in [2.24, 2.45) is 4.99 Å². The third-order valence-corrected chi connectivity index (χ3v) is 4.23. The predicted molar refractivity (Wildman–Crippen MR) is 73.6 cm³/mol. The SMILES string of the molecule is CCNC(=O)OC[C@H]1O[C@@H]2SC(NC)=N[C@@H]2[C@@H](O)[C@H]1O. The van der Waals surface area contributed by atoms with Crippen LogP contribution in [0.15, 0.2) is 4.99 Å². The van der Waals surface area contributed by atoms with Crippen LogP contribution in [0.25, 0.3) is 0 Å². The lowest BCUT2D eigenvalue weighted by atomic mass is 9.99. The zero-order chi connectivity index (χ0) is 14.7. The minimum atomic E-state index is -1.15. The molecule has 0 saturated carbocycles. The fraction of sp³-hybridized carbons (Fsp3) is 0.818. The number of carbonyl (C=O) groups excluding carboxylic acids is 1. The van der Waals surface area contributed by atoms with Gasteiger partial charge in [-0.15, -0.1) is 0 Å². The minimum absolute atomic E-state index is 0.122. The predicted octanol–water partition coefficient (Wildman–Crippen LogP) is -1.13. The number of hydrogen-bond acceptors (Lipinski definition) is 8. The molecule has 0 aromatic heterocycles. The molecule has 5 atom stereocenters. The Morgan fingerprint density at radius 2 is 2.25 bits per heavy atom. The van der Waals surface area contributed by atoms with Gasteiger partial charge in [0, 0.05) is 13.6 Å². The van der Waals surface area contributed by atoms with Gasteiger partial charge in [0.2, 0.25) is 0 Å². The molecule has 1 saturated heterocycles. The van der Waals surface area contributed by atoms with Crippen molar-refractivity contribution in [3.63, 3.8) is 0 Å². The maximum absolute atomic E-state index is 11.2. The van der Waals surface area contributed by atoms with Gasteiger partial charge in [0.25, 0.3) is 0 Å². The molecule has 8 nitrogen and oxygen atoms in total. The van der Waals surface area contributed by atoms with E-state index < -0.39 is 35.9 Å². The molecular formula is C11H19N3O5S. The molecule has 2 aliphatic rings. The number of thioether (sulfide) groups is 1. The van der Waals surface area contributed by atoms with E-state index in [9.17, 15) is 15.0 Å². The Bertz CT molecular complexity index is 394. The Labute approximate surface area is 120 Å². The first-order valence-electron chi connectivity index (χ1n) is 6.41. The lowest BCUT2D eigenvalue weighted by Gasteiger charge is -2.37. The van der Waals surface area contributed by atoms with Crippen LogP contribution in [-0.2, 0) is 9.47 Å². The zero-order valence-electron chi connectivity index (χ0n) is 11.3. The van der Waals surface area contributed by atoms with Gasteiger partial charge in [0.05, 0.1) is 0 Å². The van der Waals surface area contributed by atoms with E-state index in [4.69, 9.17) is 9.47 Å². The molecule has 0 aliphatic carbocycles. The Morgan fingerprint density at radius 3 is 2.90 bits per heavy atom. The Kier molecular flexibility index (Phi) is 5.08. The normalized spacial score (nSPS) is 36.0. The second-order valence-corrected chi connectivity index (χ2v) is 5.53. The van der Waals surface area contributed by atoms with Crippen LogP contribution >= 0.6 is 11.8 Å². The van der Waals surface area contributed by atoms with E-state index in [-0.39, 0.29) is 6.61 Å². The van der Waals surface area contributed by atoms with Crippen molar-refractivity contribution >= 4 is 23.0 Å². The van der Waals surface area contributed by atoms with Gasteiger partial charge in [-0.25, -0.2) is 4.79 Å². The summed E-state index contributed by atoms with van der Waals surface area (Å²) in [6.45, 7) is 2.10. The van der Waals surface area contributed by atoms with Gasteiger partial charge in [-0.05, 0) is 6.92 Å². The maximum atomic E-state index is 11.2. The van der Waals surface area contributed by atoms with Crippen LogP contribution in [0, 0.1) is 0 Å². The van der Waals surface area contributed by atoms with Crippen molar-refractivity contribution in [3.05, 3.63) is 0 Å². The molecule has 1 fully saturated rings. The third-order valence-electron chi connectivity index (χ3n) is 3.08. The second kappa shape index (κ2) is 6.61. The molecule has 114 valence electrons. The molecule has 0 spiro atoms. The first kappa shape index (κ1) is 15.4. The third kappa shape index (κ3) is 3.17. The molecule has 0 radical (unpaired) electrons. The van der Waals surface area contributed by atoms with Crippen molar-refractivity contribution in [1.29, 1.82) is 0 Å². The topological polar surface area (TPSA) is 112 Å². The molecule has 9 heteroatoms. The van der Waals surface area contributed by atoms with Gasteiger partial charge < -0.3 is 30.3 Å². The van der Waals surface area contributed by atoms with E-state index in [0.29, 0.717) is 11.7 Å². The van der Waals surface area contributed by atoms with Crippen LogP contribution in [0.4, 0.5) is 4.79 Å². The average Bonchev–Trinajstić information content (AvgIpc) is 2.85. The number of alkyl carbamates (subject to hydrolysis) is 1. The van der Waals surface area contributed by atoms with Crippen LogP contribution in [-0.4, -0.2) is 71.5 Å². The molecule has 1 amide bonds. The summed E-state index contributed by atoms with van der Waals surface area (Å²) in [6.07, 6.45) is -3.54. The van der Waals surface area contributed by atoms with Gasteiger partial charge in [-0.2, -0.15) is 0 Å². The molecule has 0 unspecified atom stereocenters. The van der Waals surface area contributed by atoms with Crippen molar-refractivity contribution in [2.75, 3.05) is 20.2 Å². The summed E-state index contributed by atoms with van der Waals surface area (Å²) in [5, 5.41) is 26.1. The Morgan fingerprint density at radius 1 is 1.50 bits per heavy atom. The highest BCUT2D eigenvalue weighted by Gasteiger charge is 2.48. The molecule has 4 N–H and O–H groups in total. The molecule has 0 aromatic rings. The van der Waals surface area contributed by atoms with E-state index in [0.717, 1.165) is 0 Å². The second-order valence-electron chi connectivity index (χ2n) is 4.45. The van der Waals surface area contributed by atoms with Crippen molar-refractivity contribution < 1.29 is 24.5 Å². The van der Waals surface area contributed by atoms with Crippen molar-refractivity contribution in [2.45, 2.75) is 36.7 Å². The average molecular weight is 305 g/mol. The van der Waals surface area contributed by atoms with Gasteiger partial charge >= 0.3 is 6.09 Å². The monoisotopic (exact) mass is 305 g/mol. The first-order chi connectivity index (χ1) is 9.56. The molecular weight excluding hydrogens is 286 g/mol. The van der Waals surface area contributed by atoms with Gasteiger partial charge in [-0.1, -0.05) is 11.8 Å². The van der Waals surface area contributed by atoms with Gasteiger partial charge in [0.1, 0.15) is 36.4 Å². The summed E-state index contributed by atoms with van der Waals surface area (Å²) in [7, 11) is 1.72. The number of amides is 1. The number of fused-ring (bicyclic) bond motifs is 1. The number of amidine groups is 1. The summed E-state index contributed by atoms with van der Waals surface area (Å²) >= 11 is 1.34. The van der Waals surface area contributed by atoms with Gasteiger partial charge in [-0.3, -0.25) is 4.99 Å². The van der Waals surface area contributed by atoms with Crippen LogP contribution in [0.1, 0.15) is 6.92 Å². The number of aliphatic imine (C=N–C) groups is 1. The molecule has 2 heterocycles. The van der Waals surface area contributed by atoms with Crippen LogP contribution in [0.5, 0.6) is 0 Å². The largest absolute Gasteiger partial charge is 0.447 e. The Balaban J connectivity index is 1.92. The smallest absolute Gasteiger partial charge is 0.407 e. The number of nitrogens with zero attached hydrogens (tertiary/aromatic N) is 1. The van der Waals surface area contributed by atoms with E-state index in [1.165, 1.54) is 11.8 Å². The first-order valence-corrected chi connectivity index (χ1v) is 7.29. The lowest BCUT2D eigenvalue weighted by molar-refractivity contribution is -0.164. The number of carbonyl (C=O) groups is 1. The number of aliphatic hydroxyl groups excluding tert-OH is 2. The standard InChI is InChI=1S/C11H19N3O5S/c1-3-13-11(17)18-4-5-7(15)8(16)6-9(19-5)20-10(12-2)14-6/h5-9,15-16H,3-4H2,1-2H3,(H,12,14)(H,13,17)/t5-,6-,7+,8-,9-/m1/s1. The number of nitrogens with one attached hydrogen (secondary N) is 2. The fourth-order valence-electron chi connectivity index (χ4n) is 2.04. The van der Waals surface area contributed by atoms with E-state index >= 15 is 0 Å². The highest BCUT2D eigenvalue weighted by molar-refractivity contribution is 8.14. The van der Waals surface area contributed by atoms with Crippen LogP contribution in [0.3, 0.4) is 0 Å². The van der Waals surface area contributed by atoms with E-state index in [1.807, 2.05) is 0 Å². The van der Waals surface area contributed by atoms with Crippen LogP contribution < -0.4 is 10.6 Å².